The van der Waals surface area contributed by atoms with Gasteiger partial charge >= 0.3 is 0 Å². The Morgan fingerprint density at radius 2 is 1.95 bits per heavy atom. The van der Waals surface area contributed by atoms with E-state index < -0.39 is 0 Å². The topological polar surface area (TPSA) is 42.0 Å². The molecule has 0 spiro atoms. The summed E-state index contributed by atoms with van der Waals surface area (Å²) in [4.78, 5) is 15.7. The van der Waals surface area contributed by atoms with Gasteiger partial charge in [0.05, 0.1) is 0 Å². The van der Waals surface area contributed by atoms with Crippen molar-refractivity contribution in [3.63, 3.8) is 0 Å². The summed E-state index contributed by atoms with van der Waals surface area (Å²) in [5.74, 6) is 0.0406. The molecule has 0 saturated heterocycles. The fourth-order valence-electron chi connectivity index (χ4n) is 1.70. The first-order valence-electron chi connectivity index (χ1n) is 6.14. The molecule has 0 bridgehead atoms. The van der Waals surface area contributed by atoms with E-state index in [1.54, 1.807) is 12.4 Å². The van der Waals surface area contributed by atoms with E-state index in [0.29, 0.717) is 24.4 Å². The Labute approximate surface area is 117 Å². The number of carbonyl (C=O) groups is 1. The van der Waals surface area contributed by atoms with Crippen LogP contribution in [0, 0.1) is 0 Å². The molecule has 0 aliphatic heterocycles. The standard InChI is InChI=1S/C15H15ClN2O/c16-14-6-3-13(4-7-14)11-18-15(19)8-5-12-2-1-9-17-10-12/h1-4,6-7,9-10H,5,8,11H2,(H,18,19). The van der Waals surface area contributed by atoms with Crippen LogP contribution in [0.25, 0.3) is 0 Å². The second kappa shape index (κ2) is 6.90. The van der Waals surface area contributed by atoms with Gasteiger partial charge in [0.25, 0.3) is 0 Å². The zero-order valence-electron chi connectivity index (χ0n) is 10.5. The lowest BCUT2D eigenvalue weighted by molar-refractivity contribution is -0.121. The molecule has 2 aromatic rings. The molecule has 4 heteroatoms. The van der Waals surface area contributed by atoms with Crippen LogP contribution in [-0.4, -0.2) is 10.9 Å². The lowest BCUT2D eigenvalue weighted by Crippen LogP contribution is -2.22. The number of pyridine rings is 1. The number of carbonyl (C=O) groups excluding carboxylic acids is 1. The van der Waals surface area contributed by atoms with Crippen molar-refractivity contribution < 1.29 is 4.79 Å². The third-order valence-electron chi connectivity index (χ3n) is 2.77. The molecule has 1 amide bonds. The average Bonchev–Trinajstić information content (AvgIpc) is 2.45. The van der Waals surface area contributed by atoms with Gasteiger partial charge in [-0.05, 0) is 35.7 Å². The molecule has 0 saturated carbocycles. The molecule has 0 atom stereocenters. The molecule has 3 nitrogen and oxygen atoms in total. The van der Waals surface area contributed by atoms with Gasteiger partial charge in [-0.25, -0.2) is 0 Å². The van der Waals surface area contributed by atoms with Crippen LogP contribution in [0.15, 0.2) is 48.8 Å². The quantitative estimate of drug-likeness (QED) is 0.911. The fraction of sp³-hybridized carbons (Fsp3) is 0.200. The van der Waals surface area contributed by atoms with E-state index in [1.807, 2.05) is 36.4 Å². The zero-order chi connectivity index (χ0) is 13.5. The Morgan fingerprint density at radius 3 is 2.63 bits per heavy atom. The van der Waals surface area contributed by atoms with Gasteiger partial charge in [-0.15, -0.1) is 0 Å². The predicted molar refractivity (Wildman–Crippen MR) is 75.9 cm³/mol. The summed E-state index contributed by atoms with van der Waals surface area (Å²) in [6.07, 6.45) is 4.69. The smallest absolute Gasteiger partial charge is 0.220 e. The summed E-state index contributed by atoms with van der Waals surface area (Å²) < 4.78 is 0. The minimum atomic E-state index is 0.0406. The lowest BCUT2D eigenvalue weighted by atomic mass is 10.1. The number of nitrogens with zero attached hydrogens (tertiary/aromatic N) is 1. The van der Waals surface area contributed by atoms with Gasteiger partial charge in [-0.2, -0.15) is 0 Å². The van der Waals surface area contributed by atoms with Crippen molar-refractivity contribution in [3.05, 3.63) is 64.9 Å². The summed E-state index contributed by atoms with van der Waals surface area (Å²) in [5.41, 5.74) is 2.11. The van der Waals surface area contributed by atoms with E-state index in [0.717, 1.165) is 11.1 Å². The predicted octanol–water partition coefficient (Wildman–Crippen LogP) is 2.98. The minimum Gasteiger partial charge on any atom is -0.352 e. The molecule has 1 aromatic carbocycles. The first-order chi connectivity index (χ1) is 9.24. The number of aryl methyl sites for hydroxylation is 1. The third kappa shape index (κ3) is 4.72. The number of hydrogen-bond donors (Lipinski definition) is 1. The fourth-order valence-corrected chi connectivity index (χ4v) is 1.82. The van der Waals surface area contributed by atoms with Crippen LogP contribution in [-0.2, 0) is 17.8 Å². The van der Waals surface area contributed by atoms with Crippen molar-refractivity contribution >= 4 is 17.5 Å². The van der Waals surface area contributed by atoms with E-state index in [-0.39, 0.29) is 5.91 Å². The number of rotatable bonds is 5. The molecule has 0 radical (unpaired) electrons. The van der Waals surface area contributed by atoms with Crippen molar-refractivity contribution in [2.24, 2.45) is 0 Å². The van der Waals surface area contributed by atoms with Crippen molar-refractivity contribution in [2.75, 3.05) is 0 Å². The summed E-state index contributed by atoms with van der Waals surface area (Å²) in [6, 6.07) is 11.3. The molecule has 0 fully saturated rings. The highest BCUT2D eigenvalue weighted by atomic mass is 35.5. The highest BCUT2D eigenvalue weighted by Gasteiger charge is 2.02. The second-order valence-corrected chi connectivity index (χ2v) is 4.70. The molecule has 98 valence electrons. The Morgan fingerprint density at radius 1 is 1.16 bits per heavy atom. The molecule has 1 N–H and O–H groups in total. The van der Waals surface area contributed by atoms with Crippen LogP contribution >= 0.6 is 11.6 Å². The summed E-state index contributed by atoms with van der Waals surface area (Å²) >= 11 is 5.80. The number of nitrogens with one attached hydrogen (secondary N) is 1. The summed E-state index contributed by atoms with van der Waals surface area (Å²) in [5, 5.41) is 3.59. The highest BCUT2D eigenvalue weighted by molar-refractivity contribution is 6.30. The lowest BCUT2D eigenvalue weighted by Gasteiger charge is -2.05. The van der Waals surface area contributed by atoms with E-state index in [4.69, 9.17) is 11.6 Å². The molecule has 1 aromatic heterocycles. The Kier molecular flexibility index (Phi) is 4.93. The first kappa shape index (κ1) is 13.6. The Bertz CT molecular complexity index is 526. The van der Waals surface area contributed by atoms with Gasteiger partial charge in [0, 0.05) is 30.4 Å². The van der Waals surface area contributed by atoms with E-state index >= 15 is 0 Å². The van der Waals surface area contributed by atoms with E-state index in [2.05, 4.69) is 10.3 Å². The highest BCUT2D eigenvalue weighted by Crippen LogP contribution is 2.09. The number of halogens is 1. The van der Waals surface area contributed by atoms with Crippen LogP contribution in [0.3, 0.4) is 0 Å². The van der Waals surface area contributed by atoms with Crippen LogP contribution in [0.1, 0.15) is 17.5 Å². The monoisotopic (exact) mass is 274 g/mol. The largest absolute Gasteiger partial charge is 0.352 e. The van der Waals surface area contributed by atoms with Crippen molar-refractivity contribution in [1.29, 1.82) is 0 Å². The normalized spacial score (nSPS) is 10.2. The molecule has 2 rings (SSSR count). The minimum absolute atomic E-state index is 0.0406. The maximum absolute atomic E-state index is 11.7. The van der Waals surface area contributed by atoms with Crippen molar-refractivity contribution in [3.8, 4) is 0 Å². The Hall–Kier alpha value is -1.87. The number of amides is 1. The third-order valence-corrected chi connectivity index (χ3v) is 3.02. The van der Waals surface area contributed by atoms with Gasteiger partial charge < -0.3 is 5.32 Å². The maximum atomic E-state index is 11.7. The van der Waals surface area contributed by atoms with Crippen LogP contribution in [0.4, 0.5) is 0 Å². The molecular weight excluding hydrogens is 260 g/mol. The zero-order valence-corrected chi connectivity index (χ0v) is 11.2. The van der Waals surface area contributed by atoms with Gasteiger partial charge in [0.2, 0.25) is 5.91 Å². The van der Waals surface area contributed by atoms with Crippen molar-refractivity contribution in [1.82, 2.24) is 10.3 Å². The summed E-state index contributed by atoms with van der Waals surface area (Å²) in [7, 11) is 0. The SMILES string of the molecule is O=C(CCc1cccnc1)NCc1ccc(Cl)cc1. The van der Waals surface area contributed by atoms with Gasteiger partial charge in [0.1, 0.15) is 0 Å². The number of hydrogen-bond acceptors (Lipinski definition) is 2. The molecule has 0 unspecified atom stereocenters. The second-order valence-electron chi connectivity index (χ2n) is 4.26. The average molecular weight is 275 g/mol. The number of benzene rings is 1. The van der Waals surface area contributed by atoms with Crippen molar-refractivity contribution in [2.45, 2.75) is 19.4 Å². The Balaban J connectivity index is 1.74. The molecular formula is C15H15ClN2O. The molecule has 0 aliphatic rings. The number of aromatic nitrogens is 1. The molecule has 1 heterocycles. The van der Waals surface area contributed by atoms with Crippen LogP contribution < -0.4 is 5.32 Å². The van der Waals surface area contributed by atoms with Gasteiger partial charge in [-0.3, -0.25) is 9.78 Å². The van der Waals surface area contributed by atoms with E-state index in [9.17, 15) is 4.79 Å². The first-order valence-corrected chi connectivity index (χ1v) is 6.52. The summed E-state index contributed by atoms with van der Waals surface area (Å²) in [6.45, 7) is 0.531. The van der Waals surface area contributed by atoms with Gasteiger partial charge in [-0.1, -0.05) is 29.8 Å². The maximum Gasteiger partial charge on any atom is 0.220 e. The molecule has 0 aliphatic carbocycles. The van der Waals surface area contributed by atoms with Crippen LogP contribution in [0.2, 0.25) is 5.02 Å². The molecule has 19 heavy (non-hydrogen) atoms. The van der Waals surface area contributed by atoms with Crippen LogP contribution in [0.5, 0.6) is 0 Å². The van der Waals surface area contributed by atoms with Gasteiger partial charge in [0.15, 0.2) is 0 Å². The van der Waals surface area contributed by atoms with E-state index in [1.165, 1.54) is 0 Å².